The second-order valence-electron chi connectivity index (χ2n) is 7.69. The Morgan fingerprint density at radius 1 is 1.11 bits per heavy atom. The van der Waals surface area contributed by atoms with Gasteiger partial charge in [-0.2, -0.15) is 0 Å². The van der Waals surface area contributed by atoms with Crippen LogP contribution in [0.5, 0.6) is 0 Å². The lowest BCUT2D eigenvalue weighted by Gasteiger charge is -2.33. The van der Waals surface area contributed by atoms with E-state index < -0.39 is 6.04 Å². The number of benzene rings is 2. The molecule has 2 N–H and O–H groups in total. The largest absolute Gasteiger partial charge is 0.323 e. The summed E-state index contributed by atoms with van der Waals surface area (Å²) in [6.07, 6.45) is 1.01. The number of hydrogen-bond acceptors (Lipinski definition) is 3. The summed E-state index contributed by atoms with van der Waals surface area (Å²) in [5.41, 5.74) is 3.89. The number of amides is 2. The number of carbonyl (C=O) groups is 2. The number of carbonyl (C=O) groups excluding carboxylic acids is 2. The molecule has 0 spiro atoms. The quantitative estimate of drug-likeness (QED) is 0.800. The molecule has 2 atom stereocenters. The number of hydrogen-bond donors (Lipinski definition) is 2. The zero-order valence-corrected chi connectivity index (χ0v) is 17.0. The summed E-state index contributed by atoms with van der Waals surface area (Å²) in [6, 6.07) is 15.6. The lowest BCUT2D eigenvalue weighted by Crippen LogP contribution is -2.51. The smallest absolute Gasteiger partial charge is 0.244 e. The number of anilines is 2. The molecule has 5 heteroatoms. The van der Waals surface area contributed by atoms with Crippen molar-refractivity contribution in [2.75, 3.05) is 16.8 Å². The molecule has 0 saturated heterocycles. The SMILES string of the molecule is CCc1ccc([C@@H](N[C@H](C)C(=O)N2CC(=O)Nc3ccccc32)C(C)C)cc1. The average molecular weight is 380 g/mol. The molecule has 148 valence electrons. The van der Waals surface area contributed by atoms with Crippen LogP contribution in [0.4, 0.5) is 11.4 Å². The number of rotatable bonds is 6. The Morgan fingerprint density at radius 3 is 2.43 bits per heavy atom. The summed E-state index contributed by atoms with van der Waals surface area (Å²) in [5.74, 6) is 0.0487. The van der Waals surface area contributed by atoms with Crippen molar-refractivity contribution in [2.24, 2.45) is 5.92 Å². The van der Waals surface area contributed by atoms with E-state index in [-0.39, 0.29) is 24.4 Å². The van der Waals surface area contributed by atoms with Gasteiger partial charge in [0.15, 0.2) is 0 Å². The molecule has 0 unspecified atom stereocenters. The molecular formula is C23H29N3O2. The lowest BCUT2D eigenvalue weighted by molar-refractivity contribution is -0.123. The summed E-state index contributed by atoms with van der Waals surface area (Å²) in [4.78, 5) is 26.8. The van der Waals surface area contributed by atoms with Gasteiger partial charge in [0, 0.05) is 6.04 Å². The zero-order chi connectivity index (χ0) is 20.3. The van der Waals surface area contributed by atoms with Gasteiger partial charge in [0.25, 0.3) is 0 Å². The molecule has 2 aromatic carbocycles. The van der Waals surface area contributed by atoms with Gasteiger partial charge in [-0.05, 0) is 42.5 Å². The molecule has 0 aliphatic carbocycles. The van der Waals surface area contributed by atoms with Gasteiger partial charge in [-0.3, -0.25) is 19.8 Å². The summed E-state index contributed by atoms with van der Waals surface area (Å²) in [6.45, 7) is 8.34. The van der Waals surface area contributed by atoms with Crippen LogP contribution in [0.2, 0.25) is 0 Å². The van der Waals surface area contributed by atoms with E-state index in [2.05, 4.69) is 55.7 Å². The normalized spacial score (nSPS) is 15.8. The first-order valence-corrected chi connectivity index (χ1v) is 9.95. The van der Waals surface area contributed by atoms with Crippen molar-refractivity contribution in [2.45, 2.75) is 46.2 Å². The van der Waals surface area contributed by atoms with E-state index >= 15 is 0 Å². The Balaban J connectivity index is 1.79. The Bertz CT molecular complexity index is 845. The van der Waals surface area contributed by atoms with Gasteiger partial charge in [-0.1, -0.05) is 57.2 Å². The first-order valence-electron chi connectivity index (χ1n) is 9.95. The third-order valence-electron chi connectivity index (χ3n) is 5.25. The van der Waals surface area contributed by atoms with Crippen LogP contribution in [0.15, 0.2) is 48.5 Å². The zero-order valence-electron chi connectivity index (χ0n) is 17.0. The first kappa shape index (κ1) is 20.1. The van der Waals surface area contributed by atoms with Crippen molar-refractivity contribution >= 4 is 23.2 Å². The van der Waals surface area contributed by atoms with Crippen molar-refractivity contribution in [3.05, 3.63) is 59.7 Å². The Morgan fingerprint density at radius 2 is 1.79 bits per heavy atom. The maximum absolute atomic E-state index is 13.2. The predicted molar refractivity (Wildman–Crippen MR) is 113 cm³/mol. The third kappa shape index (κ3) is 4.25. The molecular weight excluding hydrogens is 350 g/mol. The van der Waals surface area contributed by atoms with Gasteiger partial charge in [0.2, 0.25) is 11.8 Å². The minimum atomic E-state index is -0.419. The molecule has 0 fully saturated rings. The van der Waals surface area contributed by atoms with Crippen LogP contribution in [-0.4, -0.2) is 24.4 Å². The molecule has 2 amide bonds. The summed E-state index contributed by atoms with van der Waals surface area (Å²) < 4.78 is 0. The van der Waals surface area contributed by atoms with Crippen molar-refractivity contribution in [3.63, 3.8) is 0 Å². The predicted octanol–water partition coefficient (Wildman–Crippen LogP) is 3.91. The fourth-order valence-corrected chi connectivity index (χ4v) is 3.64. The van der Waals surface area contributed by atoms with Crippen LogP contribution < -0.4 is 15.5 Å². The molecule has 2 aromatic rings. The third-order valence-corrected chi connectivity index (χ3v) is 5.25. The van der Waals surface area contributed by atoms with Crippen LogP contribution in [0.1, 0.15) is 44.9 Å². The molecule has 1 heterocycles. The maximum Gasteiger partial charge on any atom is 0.244 e. The number of nitrogens with one attached hydrogen (secondary N) is 2. The molecule has 5 nitrogen and oxygen atoms in total. The fraction of sp³-hybridized carbons (Fsp3) is 0.391. The summed E-state index contributed by atoms with van der Waals surface area (Å²) in [7, 11) is 0. The highest BCUT2D eigenvalue weighted by molar-refractivity contribution is 6.11. The van der Waals surface area contributed by atoms with Gasteiger partial charge >= 0.3 is 0 Å². The van der Waals surface area contributed by atoms with Crippen molar-refractivity contribution in [3.8, 4) is 0 Å². The molecule has 0 saturated carbocycles. The van der Waals surface area contributed by atoms with E-state index in [9.17, 15) is 9.59 Å². The van der Waals surface area contributed by atoms with Crippen LogP contribution in [0.25, 0.3) is 0 Å². The van der Waals surface area contributed by atoms with E-state index in [1.54, 1.807) is 4.90 Å². The first-order chi connectivity index (χ1) is 13.4. The van der Waals surface area contributed by atoms with Crippen molar-refractivity contribution < 1.29 is 9.59 Å². The number of fused-ring (bicyclic) bond motifs is 1. The monoisotopic (exact) mass is 379 g/mol. The molecule has 0 aromatic heterocycles. The molecule has 1 aliphatic rings. The second-order valence-corrected chi connectivity index (χ2v) is 7.69. The van der Waals surface area contributed by atoms with Crippen molar-refractivity contribution in [1.29, 1.82) is 0 Å². The van der Waals surface area contributed by atoms with Crippen molar-refractivity contribution in [1.82, 2.24) is 5.32 Å². The Kier molecular flexibility index (Phi) is 6.15. The highest BCUT2D eigenvalue weighted by Gasteiger charge is 2.31. The topological polar surface area (TPSA) is 61.4 Å². The van der Waals surface area contributed by atoms with Crippen LogP contribution in [-0.2, 0) is 16.0 Å². The van der Waals surface area contributed by atoms with E-state index in [4.69, 9.17) is 0 Å². The highest BCUT2D eigenvalue weighted by atomic mass is 16.2. The van der Waals surface area contributed by atoms with Gasteiger partial charge in [-0.15, -0.1) is 0 Å². The minimum absolute atomic E-state index is 0.0411. The summed E-state index contributed by atoms with van der Waals surface area (Å²) in [5, 5.41) is 6.32. The molecule has 3 rings (SSSR count). The van der Waals surface area contributed by atoms with Gasteiger partial charge in [0.05, 0.1) is 17.4 Å². The van der Waals surface area contributed by atoms with Crippen LogP contribution >= 0.6 is 0 Å². The molecule has 0 radical (unpaired) electrons. The summed E-state index contributed by atoms with van der Waals surface area (Å²) >= 11 is 0. The van der Waals surface area contributed by atoms with Crippen LogP contribution in [0.3, 0.4) is 0 Å². The lowest BCUT2D eigenvalue weighted by atomic mass is 9.94. The van der Waals surface area contributed by atoms with Gasteiger partial charge in [0.1, 0.15) is 6.54 Å². The maximum atomic E-state index is 13.2. The van der Waals surface area contributed by atoms with E-state index in [0.29, 0.717) is 11.6 Å². The minimum Gasteiger partial charge on any atom is -0.323 e. The van der Waals surface area contributed by atoms with Crippen LogP contribution in [0, 0.1) is 5.92 Å². The van der Waals surface area contributed by atoms with E-state index in [1.807, 2.05) is 31.2 Å². The molecule has 0 bridgehead atoms. The number of para-hydroxylation sites is 2. The highest BCUT2D eigenvalue weighted by Crippen LogP contribution is 2.30. The Labute approximate surface area is 167 Å². The standard InChI is InChI=1S/C23H29N3O2/c1-5-17-10-12-18(13-11-17)22(15(2)3)24-16(4)23(28)26-14-21(27)25-19-8-6-7-9-20(19)26/h6-13,15-16,22,24H,5,14H2,1-4H3,(H,25,27)/t16-,22+/m1/s1. The molecule has 1 aliphatic heterocycles. The average Bonchev–Trinajstić information content (AvgIpc) is 2.70. The van der Waals surface area contributed by atoms with E-state index in [1.165, 1.54) is 11.1 Å². The van der Waals surface area contributed by atoms with Gasteiger partial charge < -0.3 is 5.32 Å². The number of nitrogens with zero attached hydrogens (tertiary/aromatic N) is 1. The van der Waals surface area contributed by atoms with E-state index in [0.717, 1.165) is 12.1 Å². The van der Waals surface area contributed by atoms with Gasteiger partial charge in [-0.25, -0.2) is 0 Å². The fourth-order valence-electron chi connectivity index (χ4n) is 3.64. The number of aryl methyl sites for hydroxylation is 1. The second kappa shape index (κ2) is 8.57. The Hall–Kier alpha value is -2.66. The molecule has 28 heavy (non-hydrogen) atoms.